The molecule has 0 aromatic carbocycles. The number of amides is 2. The average Bonchev–Trinajstić information content (AvgIpc) is 3.21. The standard InChI is InChI=1S/C20H27N3O2S2/c1-14(2)23(12-17(24)22-9-6-4-5-7-10-22)20(25)18-15(3)21-19(27-18)16-8-11-26-13-16/h8,11,13-14H,4-7,9-10,12H2,1-3H3. The summed E-state index contributed by atoms with van der Waals surface area (Å²) in [6.45, 7) is 7.55. The van der Waals surface area contributed by atoms with Crippen molar-refractivity contribution >= 4 is 34.5 Å². The number of rotatable bonds is 5. The quantitative estimate of drug-likeness (QED) is 0.739. The van der Waals surface area contributed by atoms with Crippen LogP contribution in [0.4, 0.5) is 0 Å². The molecule has 0 atom stereocenters. The van der Waals surface area contributed by atoms with Gasteiger partial charge in [0.05, 0.1) is 5.69 Å². The number of thiazole rings is 1. The monoisotopic (exact) mass is 405 g/mol. The summed E-state index contributed by atoms with van der Waals surface area (Å²) in [5, 5.41) is 4.91. The van der Waals surface area contributed by atoms with E-state index in [1.807, 2.05) is 42.5 Å². The van der Waals surface area contributed by atoms with Gasteiger partial charge in [-0.05, 0) is 45.1 Å². The maximum absolute atomic E-state index is 13.2. The molecule has 146 valence electrons. The van der Waals surface area contributed by atoms with Crippen molar-refractivity contribution < 1.29 is 9.59 Å². The summed E-state index contributed by atoms with van der Waals surface area (Å²) in [5.74, 6) is -0.0381. The van der Waals surface area contributed by atoms with Gasteiger partial charge in [-0.3, -0.25) is 9.59 Å². The van der Waals surface area contributed by atoms with Crippen LogP contribution in [0.15, 0.2) is 16.8 Å². The fraction of sp³-hybridized carbons (Fsp3) is 0.550. The minimum atomic E-state index is -0.0929. The van der Waals surface area contributed by atoms with Gasteiger partial charge in [-0.2, -0.15) is 11.3 Å². The Kier molecular flexibility index (Phi) is 6.65. The predicted octanol–water partition coefficient (Wildman–Crippen LogP) is 4.43. The molecule has 3 heterocycles. The zero-order valence-corrected chi connectivity index (χ0v) is 17.9. The summed E-state index contributed by atoms with van der Waals surface area (Å²) in [6.07, 6.45) is 4.47. The van der Waals surface area contributed by atoms with Crippen LogP contribution in [0, 0.1) is 6.92 Å². The normalized spacial score (nSPS) is 15.0. The number of carbonyl (C=O) groups is 2. The van der Waals surface area contributed by atoms with Crippen LogP contribution in [0.3, 0.4) is 0 Å². The molecule has 0 bridgehead atoms. The summed E-state index contributed by atoms with van der Waals surface area (Å²) < 4.78 is 0. The highest BCUT2D eigenvalue weighted by Crippen LogP contribution is 2.30. The molecule has 0 N–H and O–H groups in total. The fourth-order valence-electron chi connectivity index (χ4n) is 3.29. The number of likely N-dealkylation sites (tertiary alicyclic amines) is 1. The van der Waals surface area contributed by atoms with Gasteiger partial charge in [0.2, 0.25) is 5.91 Å². The molecule has 0 unspecified atom stereocenters. The van der Waals surface area contributed by atoms with Crippen LogP contribution in [0.1, 0.15) is 54.9 Å². The molecule has 0 aliphatic carbocycles. The Morgan fingerprint density at radius 1 is 1.22 bits per heavy atom. The van der Waals surface area contributed by atoms with E-state index >= 15 is 0 Å². The van der Waals surface area contributed by atoms with E-state index in [4.69, 9.17) is 0 Å². The number of carbonyl (C=O) groups excluding carboxylic acids is 2. The molecule has 27 heavy (non-hydrogen) atoms. The number of thiophene rings is 1. The van der Waals surface area contributed by atoms with Gasteiger partial charge < -0.3 is 9.80 Å². The molecule has 2 amide bonds. The molecule has 0 radical (unpaired) electrons. The van der Waals surface area contributed by atoms with Crippen molar-refractivity contribution in [2.45, 2.75) is 52.5 Å². The van der Waals surface area contributed by atoms with Gasteiger partial charge in [-0.1, -0.05) is 12.8 Å². The minimum absolute atomic E-state index is 0.0421. The Labute approximate surface area is 169 Å². The first-order chi connectivity index (χ1) is 13.0. The Balaban J connectivity index is 1.76. The van der Waals surface area contributed by atoms with E-state index in [1.54, 1.807) is 16.2 Å². The molecule has 2 aromatic heterocycles. The maximum atomic E-state index is 13.2. The van der Waals surface area contributed by atoms with Crippen molar-refractivity contribution in [3.8, 4) is 10.6 Å². The highest BCUT2D eigenvalue weighted by molar-refractivity contribution is 7.17. The first-order valence-electron chi connectivity index (χ1n) is 9.56. The Morgan fingerprint density at radius 3 is 2.52 bits per heavy atom. The number of nitrogens with zero attached hydrogens (tertiary/aromatic N) is 3. The second kappa shape index (κ2) is 8.97. The van der Waals surface area contributed by atoms with Crippen LogP contribution in [0.5, 0.6) is 0 Å². The van der Waals surface area contributed by atoms with Gasteiger partial charge in [-0.15, -0.1) is 11.3 Å². The molecule has 5 nitrogen and oxygen atoms in total. The molecular weight excluding hydrogens is 378 g/mol. The SMILES string of the molecule is Cc1nc(-c2ccsc2)sc1C(=O)N(CC(=O)N1CCCCCC1)C(C)C. The van der Waals surface area contributed by atoms with Gasteiger partial charge in [0.25, 0.3) is 5.91 Å². The zero-order chi connectivity index (χ0) is 19.4. The molecule has 0 saturated carbocycles. The Bertz CT molecular complexity index is 775. The largest absolute Gasteiger partial charge is 0.341 e. The first-order valence-corrected chi connectivity index (χ1v) is 11.3. The van der Waals surface area contributed by atoms with Gasteiger partial charge in [0.1, 0.15) is 16.4 Å². The Morgan fingerprint density at radius 2 is 1.93 bits per heavy atom. The molecule has 2 aromatic rings. The molecule has 7 heteroatoms. The van der Waals surface area contributed by atoms with Crippen molar-refractivity contribution in [3.05, 3.63) is 27.4 Å². The van der Waals surface area contributed by atoms with Crippen molar-refractivity contribution in [1.29, 1.82) is 0 Å². The van der Waals surface area contributed by atoms with Crippen molar-refractivity contribution in [2.75, 3.05) is 19.6 Å². The zero-order valence-electron chi connectivity index (χ0n) is 16.2. The smallest absolute Gasteiger partial charge is 0.266 e. The lowest BCUT2D eigenvalue weighted by atomic mass is 10.2. The fourth-order valence-corrected chi connectivity index (χ4v) is 5.02. The van der Waals surface area contributed by atoms with Crippen molar-refractivity contribution in [1.82, 2.24) is 14.8 Å². The summed E-state index contributed by atoms with van der Waals surface area (Å²) in [4.78, 5) is 34.8. The van der Waals surface area contributed by atoms with Crippen molar-refractivity contribution in [3.63, 3.8) is 0 Å². The van der Waals surface area contributed by atoms with E-state index in [1.165, 1.54) is 24.2 Å². The van der Waals surface area contributed by atoms with Gasteiger partial charge in [0, 0.05) is 30.1 Å². The maximum Gasteiger partial charge on any atom is 0.266 e. The first kappa shape index (κ1) is 20.0. The molecule has 3 rings (SSSR count). The van der Waals surface area contributed by atoms with E-state index in [-0.39, 0.29) is 24.4 Å². The average molecular weight is 406 g/mol. The minimum Gasteiger partial charge on any atom is -0.341 e. The van der Waals surface area contributed by atoms with Gasteiger partial charge >= 0.3 is 0 Å². The number of hydrogen-bond donors (Lipinski definition) is 0. The van der Waals surface area contributed by atoms with Gasteiger partial charge in [0.15, 0.2) is 0 Å². The highest BCUT2D eigenvalue weighted by atomic mass is 32.1. The van der Waals surface area contributed by atoms with E-state index in [2.05, 4.69) is 4.98 Å². The van der Waals surface area contributed by atoms with Crippen LogP contribution in [0.2, 0.25) is 0 Å². The van der Waals surface area contributed by atoms with E-state index in [9.17, 15) is 9.59 Å². The molecule has 1 saturated heterocycles. The van der Waals surface area contributed by atoms with E-state index in [0.717, 1.165) is 42.2 Å². The topological polar surface area (TPSA) is 53.5 Å². The van der Waals surface area contributed by atoms with Crippen LogP contribution < -0.4 is 0 Å². The third-order valence-corrected chi connectivity index (χ3v) is 6.79. The van der Waals surface area contributed by atoms with Crippen LogP contribution >= 0.6 is 22.7 Å². The lowest BCUT2D eigenvalue weighted by molar-refractivity contribution is -0.132. The lowest BCUT2D eigenvalue weighted by Crippen LogP contribution is -2.46. The van der Waals surface area contributed by atoms with Crippen LogP contribution in [-0.4, -0.2) is 52.3 Å². The molecule has 1 fully saturated rings. The third-order valence-electron chi connectivity index (χ3n) is 4.91. The number of aryl methyl sites for hydroxylation is 1. The summed E-state index contributed by atoms with van der Waals surface area (Å²) in [6, 6.07) is 1.97. The van der Waals surface area contributed by atoms with E-state index < -0.39 is 0 Å². The van der Waals surface area contributed by atoms with E-state index in [0.29, 0.717) is 4.88 Å². The van der Waals surface area contributed by atoms with Gasteiger partial charge in [-0.25, -0.2) is 4.98 Å². The van der Waals surface area contributed by atoms with Crippen LogP contribution in [0.25, 0.3) is 10.6 Å². The summed E-state index contributed by atoms with van der Waals surface area (Å²) >= 11 is 3.03. The second-order valence-corrected chi connectivity index (χ2v) is 9.05. The second-order valence-electron chi connectivity index (χ2n) is 7.27. The molecule has 1 aliphatic heterocycles. The van der Waals surface area contributed by atoms with Crippen molar-refractivity contribution in [2.24, 2.45) is 0 Å². The molecular formula is C20H27N3O2S2. The molecule has 1 aliphatic rings. The highest BCUT2D eigenvalue weighted by Gasteiger charge is 2.27. The molecule has 0 spiro atoms. The number of aromatic nitrogens is 1. The summed E-state index contributed by atoms with van der Waals surface area (Å²) in [7, 11) is 0. The third kappa shape index (κ3) is 4.76. The predicted molar refractivity (Wildman–Crippen MR) is 111 cm³/mol. The Hall–Kier alpha value is -1.73. The lowest BCUT2D eigenvalue weighted by Gasteiger charge is -2.29. The number of hydrogen-bond acceptors (Lipinski definition) is 5. The summed E-state index contributed by atoms with van der Waals surface area (Å²) in [5.41, 5.74) is 1.78. The van der Waals surface area contributed by atoms with Crippen LogP contribution in [-0.2, 0) is 4.79 Å².